The summed E-state index contributed by atoms with van der Waals surface area (Å²) in [5.74, 6) is -0.656. The third-order valence-electron chi connectivity index (χ3n) is 4.60. The molecule has 29 heavy (non-hydrogen) atoms. The minimum absolute atomic E-state index is 0.138. The van der Waals surface area contributed by atoms with Crippen LogP contribution >= 0.6 is 11.6 Å². The molecule has 0 unspecified atom stereocenters. The fourth-order valence-electron chi connectivity index (χ4n) is 3.00. The van der Waals surface area contributed by atoms with Crippen molar-refractivity contribution in [2.24, 2.45) is 0 Å². The Hall–Kier alpha value is -3.45. The molecular formula is C21H16ClN3O4. The van der Waals surface area contributed by atoms with Crippen molar-refractivity contribution in [3.05, 3.63) is 74.1 Å². The summed E-state index contributed by atoms with van der Waals surface area (Å²) < 4.78 is 10.5. The first kappa shape index (κ1) is 18.9. The largest absolute Gasteiger partial charge is 0.451 e. The molecule has 0 fully saturated rings. The third kappa shape index (κ3) is 3.52. The standard InChI is InChI=1S/C21H16ClN3O4/c1-10-4-5-11(2)13(6-10)19-20(25-29-24-19)23-21(27)18-9-16(26)14-8-15(22)12(3)7-17(14)28-18/h4-9H,1-3H3,(H,23,25,27). The van der Waals surface area contributed by atoms with E-state index in [4.69, 9.17) is 20.6 Å². The number of aromatic nitrogens is 2. The van der Waals surface area contributed by atoms with E-state index in [9.17, 15) is 9.59 Å². The number of carbonyl (C=O) groups is 1. The quantitative estimate of drug-likeness (QED) is 0.527. The van der Waals surface area contributed by atoms with Crippen molar-refractivity contribution in [3.63, 3.8) is 0 Å². The van der Waals surface area contributed by atoms with Gasteiger partial charge in [0.05, 0.1) is 5.39 Å². The zero-order chi connectivity index (χ0) is 20.7. The number of hydrogen-bond donors (Lipinski definition) is 1. The van der Waals surface area contributed by atoms with Gasteiger partial charge in [0.2, 0.25) is 5.82 Å². The van der Waals surface area contributed by atoms with E-state index in [1.807, 2.05) is 32.0 Å². The average Bonchev–Trinajstić information content (AvgIpc) is 3.13. The number of benzene rings is 2. The number of hydrogen-bond acceptors (Lipinski definition) is 6. The van der Waals surface area contributed by atoms with E-state index >= 15 is 0 Å². The Kier molecular flexibility index (Phi) is 4.68. The second-order valence-corrected chi connectivity index (χ2v) is 7.21. The second kappa shape index (κ2) is 7.18. The van der Waals surface area contributed by atoms with Crippen LogP contribution in [0.15, 0.2) is 50.2 Å². The van der Waals surface area contributed by atoms with Gasteiger partial charge in [-0.3, -0.25) is 14.9 Å². The highest BCUT2D eigenvalue weighted by molar-refractivity contribution is 6.32. The molecule has 0 aliphatic rings. The first-order valence-electron chi connectivity index (χ1n) is 8.79. The first-order valence-corrected chi connectivity index (χ1v) is 9.17. The molecule has 2 aromatic carbocycles. The molecule has 0 radical (unpaired) electrons. The van der Waals surface area contributed by atoms with Crippen molar-refractivity contribution in [2.75, 3.05) is 5.32 Å². The van der Waals surface area contributed by atoms with E-state index in [1.54, 1.807) is 13.0 Å². The van der Waals surface area contributed by atoms with E-state index < -0.39 is 5.91 Å². The van der Waals surface area contributed by atoms with Crippen molar-refractivity contribution in [1.29, 1.82) is 0 Å². The Morgan fingerprint density at radius 2 is 1.83 bits per heavy atom. The van der Waals surface area contributed by atoms with Crippen molar-refractivity contribution in [3.8, 4) is 11.3 Å². The van der Waals surface area contributed by atoms with Gasteiger partial charge in [0, 0.05) is 16.7 Å². The molecule has 0 aliphatic heterocycles. The zero-order valence-corrected chi connectivity index (χ0v) is 16.6. The van der Waals surface area contributed by atoms with Gasteiger partial charge in [-0.1, -0.05) is 29.3 Å². The molecular weight excluding hydrogens is 394 g/mol. The van der Waals surface area contributed by atoms with Crippen molar-refractivity contribution in [2.45, 2.75) is 20.8 Å². The predicted molar refractivity (Wildman–Crippen MR) is 109 cm³/mol. The highest BCUT2D eigenvalue weighted by atomic mass is 35.5. The van der Waals surface area contributed by atoms with Crippen LogP contribution in [0.1, 0.15) is 27.2 Å². The second-order valence-electron chi connectivity index (χ2n) is 6.81. The normalized spacial score (nSPS) is 11.0. The number of nitrogens with one attached hydrogen (secondary N) is 1. The SMILES string of the molecule is Cc1ccc(C)c(-c2nonc2NC(=O)c2cc(=O)c3cc(Cl)c(C)cc3o2)c1. The molecule has 0 spiro atoms. The van der Waals surface area contributed by atoms with Gasteiger partial charge in [0.15, 0.2) is 16.9 Å². The van der Waals surface area contributed by atoms with Gasteiger partial charge < -0.3 is 4.42 Å². The minimum atomic E-state index is -0.640. The summed E-state index contributed by atoms with van der Waals surface area (Å²) in [6.07, 6.45) is 0. The van der Waals surface area contributed by atoms with Crippen LogP contribution in [0.3, 0.4) is 0 Å². The van der Waals surface area contributed by atoms with E-state index in [0.717, 1.165) is 28.3 Å². The number of rotatable bonds is 3. The topological polar surface area (TPSA) is 98.2 Å². The summed E-state index contributed by atoms with van der Waals surface area (Å²) >= 11 is 6.07. The number of amides is 1. The fraction of sp³-hybridized carbons (Fsp3) is 0.143. The fourth-order valence-corrected chi connectivity index (χ4v) is 3.16. The summed E-state index contributed by atoms with van der Waals surface area (Å²) in [5, 5.41) is 11.1. The molecule has 0 saturated heterocycles. The molecule has 7 nitrogen and oxygen atoms in total. The van der Waals surface area contributed by atoms with Gasteiger partial charge in [0.25, 0.3) is 5.91 Å². The number of aryl methyl sites for hydroxylation is 3. The molecule has 0 saturated carbocycles. The van der Waals surface area contributed by atoms with Crippen LogP contribution in [0.25, 0.3) is 22.2 Å². The van der Waals surface area contributed by atoms with Gasteiger partial charge in [0.1, 0.15) is 5.58 Å². The van der Waals surface area contributed by atoms with Gasteiger partial charge in [-0.15, -0.1) is 0 Å². The maximum atomic E-state index is 12.7. The van der Waals surface area contributed by atoms with Crippen molar-refractivity contribution >= 4 is 34.3 Å². The molecule has 8 heteroatoms. The molecule has 1 N–H and O–H groups in total. The van der Waals surface area contributed by atoms with E-state index in [-0.39, 0.29) is 22.6 Å². The van der Waals surface area contributed by atoms with Gasteiger partial charge in [-0.2, -0.15) is 0 Å². The number of fused-ring (bicyclic) bond motifs is 1. The Balaban J connectivity index is 1.71. The number of carbonyl (C=O) groups excluding carboxylic acids is 1. The third-order valence-corrected chi connectivity index (χ3v) is 5.01. The summed E-state index contributed by atoms with van der Waals surface area (Å²) in [6, 6.07) is 10.1. The molecule has 4 rings (SSSR count). The Bertz CT molecular complexity index is 1320. The smallest absolute Gasteiger partial charge is 0.292 e. The van der Waals surface area contributed by atoms with Gasteiger partial charge in [-0.05, 0) is 60.4 Å². The summed E-state index contributed by atoms with van der Waals surface area (Å²) in [4.78, 5) is 25.1. The lowest BCUT2D eigenvalue weighted by Gasteiger charge is -2.07. The van der Waals surface area contributed by atoms with Crippen LogP contribution in [-0.4, -0.2) is 16.2 Å². The predicted octanol–water partition coefficient (Wildman–Crippen LogP) is 4.67. The van der Waals surface area contributed by atoms with Crippen LogP contribution in [0, 0.1) is 20.8 Å². The Morgan fingerprint density at radius 1 is 1.03 bits per heavy atom. The number of halogens is 1. The maximum absolute atomic E-state index is 12.7. The molecule has 2 heterocycles. The van der Waals surface area contributed by atoms with Gasteiger partial charge >= 0.3 is 0 Å². The summed E-state index contributed by atoms with van der Waals surface area (Å²) in [6.45, 7) is 5.66. The number of anilines is 1. The molecule has 0 bridgehead atoms. The molecule has 1 amide bonds. The summed E-state index contributed by atoms with van der Waals surface area (Å²) in [7, 11) is 0. The van der Waals surface area contributed by atoms with Crippen LogP contribution < -0.4 is 10.7 Å². The molecule has 0 aliphatic carbocycles. The lowest BCUT2D eigenvalue weighted by Crippen LogP contribution is -2.15. The molecule has 4 aromatic rings. The van der Waals surface area contributed by atoms with Crippen LogP contribution in [-0.2, 0) is 0 Å². The Labute approximate surface area is 170 Å². The van der Waals surface area contributed by atoms with Crippen LogP contribution in [0.5, 0.6) is 0 Å². The number of nitrogens with zero attached hydrogens (tertiary/aromatic N) is 2. The first-order chi connectivity index (χ1) is 13.8. The summed E-state index contributed by atoms with van der Waals surface area (Å²) in [5.41, 5.74) is 3.80. The van der Waals surface area contributed by atoms with Crippen molar-refractivity contribution in [1.82, 2.24) is 10.3 Å². The lowest BCUT2D eigenvalue weighted by molar-refractivity contribution is 0.0996. The molecule has 0 atom stereocenters. The highest BCUT2D eigenvalue weighted by Crippen LogP contribution is 2.29. The van der Waals surface area contributed by atoms with Crippen LogP contribution in [0.4, 0.5) is 5.82 Å². The highest BCUT2D eigenvalue weighted by Gasteiger charge is 2.20. The average molecular weight is 410 g/mol. The minimum Gasteiger partial charge on any atom is -0.451 e. The van der Waals surface area contributed by atoms with Crippen LogP contribution in [0.2, 0.25) is 5.02 Å². The molecule has 2 aromatic heterocycles. The zero-order valence-electron chi connectivity index (χ0n) is 15.9. The Morgan fingerprint density at radius 3 is 2.62 bits per heavy atom. The van der Waals surface area contributed by atoms with E-state index in [2.05, 4.69) is 15.6 Å². The van der Waals surface area contributed by atoms with Crippen molar-refractivity contribution < 1.29 is 13.8 Å². The molecule has 146 valence electrons. The maximum Gasteiger partial charge on any atom is 0.292 e. The van der Waals surface area contributed by atoms with E-state index in [0.29, 0.717) is 16.1 Å². The van der Waals surface area contributed by atoms with E-state index in [1.165, 1.54) is 6.07 Å². The van der Waals surface area contributed by atoms with Gasteiger partial charge in [-0.25, -0.2) is 4.63 Å². The monoisotopic (exact) mass is 409 g/mol. The lowest BCUT2D eigenvalue weighted by atomic mass is 10.0.